The molecule has 29 heavy (non-hydrogen) atoms. The molecule has 0 aromatic heterocycles. The Kier molecular flexibility index (Phi) is 9.10. The van der Waals surface area contributed by atoms with E-state index >= 15 is 0 Å². The van der Waals surface area contributed by atoms with Gasteiger partial charge in [-0.2, -0.15) is 0 Å². The van der Waals surface area contributed by atoms with E-state index in [1.54, 1.807) is 0 Å². The molecule has 0 bridgehead atoms. The largest absolute Gasteiger partial charge is 0.358 e. The maximum Gasteiger partial charge on any atom is 0.172 e. The van der Waals surface area contributed by atoms with Gasteiger partial charge in [0.1, 0.15) is 0 Å². The number of aryl methyl sites for hydroxylation is 4. The Morgan fingerprint density at radius 2 is 0.966 bits per heavy atom. The molecule has 1 aliphatic rings. The normalized spacial score (nSPS) is 17.0. The molecule has 160 valence electrons. The Morgan fingerprint density at radius 3 is 1.28 bits per heavy atom. The molecule has 1 heterocycles. The standard InChI is InChI=1S/C23H30N4.CH3.Ni/c1-16-10-7-11-17(2)20(16)24-22-23(27(6)15-9-14-26(22)5)25-21-18(3)12-8-13-19(21)4;;/h7-8,10-13H,9,14-15H2,1-6H3;1H3;/q;-1;. The van der Waals surface area contributed by atoms with Gasteiger partial charge in [0.05, 0.1) is 11.4 Å². The van der Waals surface area contributed by atoms with E-state index < -0.39 is 0 Å². The van der Waals surface area contributed by atoms with E-state index in [2.05, 4.69) is 88.0 Å². The molecule has 1 aliphatic heterocycles. The summed E-state index contributed by atoms with van der Waals surface area (Å²) in [5.74, 6) is 1.88. The van der Waals surface area contributed by atoms with Gasteiger partial charge >= 0.3 is 0 Å². The average Bonchev–Trinajstić information content (AvgIpc) is 2.74. The third kappa shape index (κ3) is 5.48. The van der Waals surface area contributed by atoms with Crippen molar-refractivity contribution in [2.75, 3.05) is 27.2 Å². The Balaban J connectivity index is 0.00000210. The smallest absolute Gasteiger partial charge is 0.172 e. The van der Waals surface area contributed by atoms with Crippen molar-refractivity contribution >= 4 is 23.0 Å². The minimum Gasteiger partial charge on any atom is -0.358 e. The van der Waals surface area contributed by atoms with Gasteiger partial charge in [0, 0.05) is 43.7 Å². The second-order valence-electron chi connectivity index (χ2n) is 7.55. The number of benzene rings is 2. The first-order valence-corrected chi connectivity index (χ1v) is 9.61. The van der Waals surface area contributed by atoms with E-state index in [4.69, 9.17) is 9.98 Å². The number of hydrogen-bond donors (Lipinski definition) is 0. The van der Waals surface area contributed by atoms with Crippen LogP contribution in [-0.2, 0) is 16.5 Å². The number of hydrogen-bond acceptors (Lipinski definition) is 2. The summed E-state index contributed by atoms with van der Waals surface area (Å²) >= 11 is 0. The SMILES string of the molecule is Cc1cccc(C)c1N=C1C(=Nc2c(C)cccc2C)N(C)CCCN1C.[CH3-].[Ni]. The zero-order valence-corrected chi connectivity index (χ0v) is 19.7. The molecule has 2 aromatic rings. The monoisotopic (exact) mass is 435 g/mol. The Hall–Kier alpha value is -2.13. The van der Waals surface area contributed by atoms with Crippen LogP contribution in [-0.4, -0.2) is 48.7 Å². The Labute approximate surface area is 186 Å². The second kappa shape index (κ2) is 10.6. The quantitative estimate of drug-likeness (QED) is 0.467. The van der Waals surface area contributed by atoms with Crippen LogP contribution in [0.5, 0.6) is 0 Å². The molecule has 0 aliphatic carbocycles. The summed E-state index contributed by atoms with van der Waals surface area (Å²) in [6.45, 7) is 10.4. The zero-order valence-electron chi connectivity index (χ0n) is 18.7. The third-order valence-corrected chi connectivity index (χ3v) is 5.22. The van der Waals surface area contributed by atoms with Gasteiger partial charge in [-0.15, -0.1) is 0 Å². The maximum absolute atomic E-state index is 5.12. The van der Waals surface area contributed by atoms with Crippen LogP contribution < -0.4 is 0 Å². The predicted molar refractivity (Wildman–Crippen MR) is 122 cm³/mol. The number of para-hydroxylation sites is 2. The molecule has 0 N–H and O–H groups in total. The van der Waals surface area contributed by atoms with Gasteiger partial charge in [-0.3, -0.25) is 0 Å². The van der Waals surface area contributed by atoms with Crippen molar-refractivity contribution < 1.29 is 16.5 Å². The van der Waals surface area contributed by atoms with Gasteiger partial charge in [0.2, 0.25) is 0 Å². The zero-order chi connectivity index (χ0) is 19.6. The van der Waals surface area contributed by atoms with Crippen molar-refractivity contribution in [1.29, 1.82) is 0 Å². The van der Waals surface area contributed by atoms with Crippen LogP contribution in [0.25, 0.3) is 0 Å². The van der Waals surface area contributed by atoms with Crippen molar-refractivity contribution in [1.82, 2.24) is 9.80 Å². The average molecular weight is 436 g/mol. The first kappa shape index (κ1) is 24.9. The summed E-state index contributed by atoms with van der Waals surface area (Å²) in [5, 5.41) is 0. The van der Waals surface area contributed by atoms with Crippen molar-refractivity contribution in [3.8, 4) is 0 Å². The van der Waals surface area contributed by atoms with Crippen LogP contribution in [0.3, 0.4) is 0 Å². The number of rotatable bonds is 2. The topological polar surface area (TPSA) is 31.2 Å². The minimum atomic E-state index is 0. The summed E-state index contributed by atoms with van der Waals surface area (Å²) in [6.07, 6.45) is 1.09. The molecule has 3 rings (SSSR count). The third-order valence-electron chi connectivity index (χ3n) is 5.22. The first-order valence-electron chi connectivity index (χ1n) is 9.61. The van der Waals surface area contributed by atoms with E-state index in [0.717, 1.165) is 42.6 Å². The molecule has 4 nitrogen and oxygen atoms in total. The summed E-state index contributed by atoms with van der Waals surface area (Å²) in [4.78, 5) is 14.7. The van der Waals surface area contributed by atoms with Gasteiger partial charge in [-0.05, 0) is 56.4 Å². The number of aliphatic imine (C=N–C) groups is 2. The van der Waals surface area contributed by atoms with Crippen LogP contribution in [0.2, 0.25) is 0 Å². The van der Waals surface area contributed by atoms with Crippen molar-refractivity contribution in [2.45, 2.75) is 34.1 Å². The molecule has 0 saturated carbocycles. The van der Waals surface area contributed by atoms with E-state index in [1.165, 1.54) is 22.3 Å². The molecule has 2 aromatic carbocycles. The Bertz CT molecular complexity index is 788. The fraction of sp³-hybridized carbons (Fsp3) is 0.375. The molecule has 0 atom stereocenters. The molecule has 0 radical (unpaired) electrons. The summed E-state index contributed by atoms with van der Waals surface area (Å²) < 4.78 is 0. The van der Waals surface area contributed by atoms with Gasteiger partial charge in [0.25, 0.3) is 0 Å². The van der Waals surface area contributed by atoms with Crippen LogP contribution >= 0.6 is 0 Å². The summed E-state index contributed by atoms with van der Waals surface area (Å²) in [7, 11) is 4.23. The van der Waals surface area contributed by atoms with E-state index in [-0.39, 0.29) is 23.9 Å². The van der Waals surface area contributed by atoms with Gasteiger partial charge in [-0.1, -0.05) is 36.4 Å². The second-order valence-corrected chi connectivity index (χ2v) is 7.55. The van der Waals surface area contributed by atoms with Crippen molar-refractivity contribution in [2.24, 2.45) is 9.98 Å². The van der Waals surface area contributed by atoms with E-state index in [0.29, 0.717) is 0 Å². The predicted octanol–water partition coefficient (Wildman–Crippen LogP) is 5.40. The van der Waals surface area contributed by atoms with Gasteiger partial charge in [-0.25, -0.2) is 9.98 Å². The molecular weight excluding hydrogens is 403 g/mol. The van der Waals surface area contributed by atoms with Crippen molar-refractivity contribution in [3.05, 3.63) is 66.1 Å². The summed E-state index contributed by atoms with van der Waals surface area (Å²) in [6, 6.07) is 12.7. The summed E-state index contributed by atoms with van der Waals surface area (Å²) in [5.41, 5.74) is 6.85. The fourth-order valence-corrected chi connectivity index (χ4v) is 3.54. The molecule has 5 heteroatoms. The van der Waals surface area contributed by atoms with Crippen LogP contribution in [0, 0.1) is 35.1 Å². The molecule has 0 amide bonds. The molecule has 1 fully saturated rings. The maximum atomic E-state index is 5.12. The minimum absolute atomic E-state index is 0. The Morgan fingerprint density at radius 1 is 0.655 bits per heavy atom. The molecule has 1 saturated heterocycles. The fourth-order valence-electron chi connectivity index (χ4n) is 3.54. The number of amidine groups is 2. The van der Waals surface area contributed by atoms with Gasteiger partial charge < -0.3 is 17.2 Å². The number of nitrogens with zero attached hydrogens (tertiary/aromatic N) is 4. The molecular formula is C24H33N4Ni-. The molecule has 0 unspecified atom stereocenters. The van der Waals surface area contributed by atoms with E-state index in [1.807, 2.05) is 0 Å². The number of likely N-dealkylation sites (N-methyl/N-ethyl adjacent to an activating group) is 2. The van der Waals surface area contributed by atoms with Crippen LogP contribution in [0.1, 0.15) is 28.7 Å². The van der Waals surface area contributed by atoms with Crippen LogP contribution in [0.4, 0.5) is 11.4 Å². The van der Waals surface area contributed by atoms with Gasteiger partial charge in [0.15, 0.2) is 11.7 Å². The molecule has 0 spiro atoms. The van der Waals surface area contributed by atoms with E-state index in [9.17, 15) is 0 Å². The van der Waals surface area contributed by atoms with Crippen molar-refractivity contribution in [3.63, 3.8) is 0 Å². The van der Waals surface area contributed by atoms with Crippen LogP contribution in [0.15, 0.2) is 46.4 Å². The first-order chi connectivity index (χ1) is 12.9.